The lowest BCUT2D eigenvalue weighted by molar-refractivity contribution is 0.0844. The van der Waals surface area contributed by atoms with Gasteiger partial charge in [0.1, 0.15) is 0 Å². The van der Waals surface area contributed by atoms with E-state index in [1.165, 1.54) is 12.8 Å². The van der Waals surface area contributed by atoms with Gasteiger partial charge >= 0.3 is 0 Å². The van der Waals surface area contributed by atoms with Crippen molar-refractivity contribution in [1.82, 2.24) is 4.90 Å². The first-order chi connectivity index (χ1) is 6.18. The third-order valence-electron chi connectivity index (χ3n) is 2.24. The van der Waals surface area contributed by atoms with Crippen LogP contribution in [0.1, 0.15) is 19.8 Å². The average Bonchev–Trinajstić information content (AvgIpc) is 2.80. The second kappa shape index (κ2) is 5.58. The van der Waals surface area contributed by atoms with E-state index in [1.54, 1.807) is 0 Å². The van der Waals surface area contributed by atoms with E-state index in [4.69, 9.17) is 9.84 Å². The van der Waals surface area contributed by atoms with E-state index in [0.717, 1.165) is 32.2 Å². The van der Waals surface area contributed by atoms with Crippen molar-refractivity contribution in [2.45, 2.75) is 25.9 Å². The standard InChI is InChI=1S/C10H21NO2/c1-9(12)7-11(2)5-6-13-8-10-3-4-10/h9-10,12H,3-8H2,1-2H3/t9-/m1/s1. The van der Waals surface area contributed by atoms with Gasteiger partial charge in [-0.3, -0.25) is 0 Å². The largest absolute Gasteiger partial charge is 0.392 e. The Labute approximate surface area is 80.7 Å². The highest BCUT2D eigenvalue weighted by Gasteiger charge is 2.20. The molecule has 1 rings (SSSR count). The van der Waals surface area contributed by atoms with Crippen molar-refractivity contribution < 1.29 is 9.84 Å². The summed E-state index contributed by atoms with van der Waals surface area (Å²) in [7, 11) is 2.01. The van der Waals surface area contributed by atoms with Gasteiger partial charge < -0.3 is 14.7 Å². The zero-order chi connectivity index (χ0) is 9.68. The Morgan fingerprint density at radius 1 is 1.54 bits per heavy atom. The molecule has 0 heterocycles. The first-order valence-corrected chi connectivity index (χ1v) is 5.13. The number of hydrogen-bond donors (Lipinski definition) is 1. The molecular weight excluding hydrogens is 166 g/mol. The fourth-order valence-corrected chi connectivity index (χ4v) is 1.30. The Balaban J connectivity index is 1.85. The summed E-state index contributed by atoms with van der Waals surface area (Å²) in [6.45, 7) is 5.17. The summed E-state index contributed by atoms with van der Waals surface area (Å²) in [4.78, 5) is 2.09. The van der Waals surface area contributed by atoms with E-state index in [9.17, 15) is 0 Å². The normalized spacial score (nSPS) is 19.4. The third-order valence-corrected chi connectivity index (χ3v) is 2.24. The van der Waals surface area contributed by atoms with Gasteiger partial charge in [0.25, 0.3) is 0 Å². The third kappa shape index (κ3) is 6.02. The predicted molar refractivity (Wildman–Crippen MR) is 52.7 cm³/mol. The summed E-state index contributed by atoms with van der Waals surface area (Å²) in [5, 5.41) is 9.10. The Morgan fingerprint density at radius 3 is 2.77 bits per heavy atom. The van der Waals surface area contributed by atoms with Crippen LogP contribution in [0, 0.1) is 5.92 Å². The van der Waals surface area contributed by atoms with Crippen molar-refractivity contribution in [3.63, 3.8) is 0 Å². The molecule has 0 aromatic carbocycles. The lowest BCUT2D eigenvalue weighted by Crippen LogP contribution is -2.30. The van der Waals surface area contributed by atoms with Gasteiger partial charge in [-0.05, 0) is 32.7 Å². The van der Waals surface area contributed by atoms with Gasteiger partial charge in [-0.2, -0.15) is 0 Å². The number of aliphatic hydroxyl groups excluding tert-OH is 1. The summed E-state index contributed by atoms with van der Waals surface area (Å²) in [6, 6.07) is 0. The minimum atomic E-state index is -0.242. The molecule has 1 aliphatic rings. The molecule has 0 amide bonds. The van der Waals surface area contributed by atoms with E-state index in [2.05, 4.69) is 4.90 Å². The molecule has 0 unspecified atom stereocenters. The van der Waals surface area contributed by atoms with Crippen LogP contribution in [0.2, 0.25) is 0 Å². The molecule has 78 valence electrons. The minimum absolute atomic E-state index is 0.242. The van der Waals surface area contributed by atoms with E-state index in [0.29, 0.717) is 0 Å². The van der Waals surface area contributed by atoms with Crippen LogP contribution in [-0.4, -0.2) is 49.5 Å². The van der Waals surface area contributed by atoms with Gasteiger partial charge in [0.2, 0.25) is 0 Å². The quantitative estimate of drug-likeness (QED) is 0.596. The van der Waals surface area contributed by atoms with Crippen molar-refractivity contribution in [2.24, 2.45) is 5.92 Å². The Kier molecular flexibility index (Phi) is 4.70. The van der Waals surface area contributed by atoms with Crippen molar-refractivity contribution in [3.05, 3.63) is 0 Å². The zero-order valence-corrected chi connectivity index (χ0v) is 8.70. The molecule has 0 spiro atoms. The van der Waals surface area contributed by atoms with E-state index < -0.39 is 0 Å². The summed E-state index contributed by atoms with van der Waals surface area (Å²) in [5.41, 5.74) is 0. The number of rotatable bonds is 7. The highest BCUT2D eigenvalue weighted by molar-refractivity contribution is 4.72. The fourth-order valence-electron chi connectivity index (χ4n) is 1.30. The highest BCUT2D eigenvalue weighted by atomic mass is 16.5. The molecule has 1 atom stereocenters. The van der Waals surface area contributed by atoms with Gasteiger partial charge in [-0.25, -0.2) is 0 Å². The topological polar surface area (TPSA) is 32.7 Å². The van der Waals surface area contributed by atoms with E-state index in [-0.39, 0.29) is 6.10 Å². The average molecular weight is 187 g/mol. The number of ether oxygens (including phenoxy) is 1. The molecule has 0 bridgehead atoms. The highest BCUT2D eigenvalue weighted by Crippen LogP contribution is 2.28. The molecule has 0 aliphatic heterocycles. The molecule has 0 aromatic rings. The molecule has 13 heavy (non-hydrogen) atoms. The number of aliphatic hydroxyl groups is 1. The first-order valence-electron chi connectivity index (χ1n) is 5.13. The summed E-state index contributed by atoms with van der Waals surface area (Å²) in [6.07, 6.45) is 2.46. The van der Waals surface area contributed by atoms with E-state index >= 15 is 0 Å². The minimum Gasteiger partial charge on any atom is -0.392 e. The van der Waals surface area contributed by atoms with Crippen molar-refractivity contribution in [3.8, 4) is 0 Å². The smallest absolute Gasteiger partial charge is 0.0638 e. The molecule has 3 heteroatoms. The lowest BCUT2D eigenvalue weighted by atomic mass is 10.4. The molecule has 0 radical (unpaired) electrons. The Hall–Kier alpha value is -0.120. The van der Waals surface area contributed by atoms with Crippen molar-refractivity contribution >= 4 is 0 Å². The number of hydrogen-bond acceptors (Lipinski definition) is 3. The van der Waals surface area contributed by atoms with Crippen molar-refractivity contribution in [2.75, 3.05) is 33.4 Å². The Morgan fingerprint density at radius 2 is 2.23 bits per heavy atom. The van der Waals surface area contributed by atoms with Crippen LogP contribution in [0.15, 0.2) is 0 Å². The predicted octanol–water partition coefficient (Wildman–Crippen LogP) is 0.726. The summed E-state index contributed by atoms with van der Waals surface area (Å²) < 4.78 is 5.49. The van der Waals surface area contributed by atoms with Gasteiger partial charge in [0.05, 0.1) is 12.7 Å². The molecule has 1 aliphatic carbocycles. The van der Waals surface area contributed by atoms with Gasteiger partial charge in [0, 0.05) is 19.7 Å². The van der Waals surface area contributed by atoms with Crippen LogP contribution in [0.5, 0.6) is 0 Å². The monoisotopic (exact) mass is 187 g/mol. The maximum Gasteiger partial charge on any atom is 0.0638 e. The van der Waals surface area contributed by atoms with Crippen LogP contribution in [0.25, 0.3) is 0 Å². The van der Waals surface area contributed by atoms with Crippen LogP contribution in [0.4, 0.5) is 0 Å². The summed E-state index contributed by atoms with van der Waals surface area (Å²) >= 11 is 0. The molecule has 1 saturated carbocycles. The van der Waals surface area contributed by atoms with Crippen LogP contribution in [-0.2, 0) is 4.74 Å². The van der Waals surface area contributed by atoms with E-state index in [1.807, 2.05) is 14.0 Å². The zero-order valence-electron chi connectivity index (χ0n) is 8.70. The molecule has 1 N–H and O–H groups in total. The van der Waals surface area contributed by atoms with Gasteiger partial charge in [0.15, 0.2) is 0 Å². The number of likely N-dealkylation sites (N-methyl/N-ethyl adjacent to an activating group) is 1. The second-order valence-electron chi connectivity index (χ2n) is 4.13. The van der Waals surface area contributed by atoms with Crippen LogP contribution < -0.4 is 0 Å². The molecule has 0 saturated heterocycles. The SMILES string of the molecule is C[C@@H](O)CN(C)CCOCC1CC1. The maximum absolute atomic E-state index is 9.10. The van der Waals surface area contributed by atoms with Crippen molar-refractivity contribution in [1.29, 1.82) is 0 Å². The molecule has 0 aromatic heterocycles. The fraction of sp³-hybridized carbons (Fsp3) is 1.00. The van der Waals surface area contributed by atoms with Gasteiger partial charge in [-0.15, -0.1) is 0 Å². The Bertz CT molecular complexity index is 135. The van der Waals surface area contributed by atoms with Crippen LogP contribution in [0.3, 0.4) is 0 Å². The molecule has 1 fully saturated rings. The molecule has 3 nitrogen and oxygen atoms in total. The molecular formula is C10H21NO2. The maximum atomic E-state index is 9.10. The first kappa shape index (κ1) is 11.0. The second-order valence-corrected chi connectivity index (χ2v) is 4.13. The van der Waals surface area contributed by atoms with Gasteiger partial charge in [-0.1, -0.05) is 0 Å². The van der Waals surface area contributed by atoms with Crippen LogP contribution >= 0.6 is 0 Å². The number of nitrogens with zero attached hydrogens (tertiary/aromatic N) is 1. The summed E-state index contributed by atoms with van der Waals surface area (Å²) in [5.74, 6) is 0.849. The lowest BCUT2D eigenvalue weighted by Gasteiger charge is -2.17.